The smallest absolute Gasteiger partial charge is 0.168 e. The van der Waals surface area contributed by atoms with Gasteiger partial charge in [-0.2, -0.15) is 0 Å². The first-order chi connectivity index (χ1) is 9.72. The molecule has 98 valence electrons. The minimum absolute atomic E-state index is 0.0846. The van der Waals surface area contributed by atoms with Crippen LogP contribution in [0.2, 0.25) is 0 Å². The Morgan fingerprint density at radius 3 is 2.75 bits per heavy atom. The summed E-state index contributed by atoms with van der Waals surface area (Å²) in [6.45, 7) is 0. The Morgan fingerprint density at radius 2 is 1.90 bits per heavy atom. The molecule has 0 aliphatic rings. The van der Waals surface area contributed by atoms with E-state index in [4.69, 9.17) is 0 Å². The van der Waals surface area contributed by atoms with Gasteiger partial charge in [0, 0.05) is 28.0 Å². The van der Waals surface area contributed by atoms with Crippen LogP contribution in [0.15, 0.2) is 65.3 Å². The van der Waals surface area contributed by atoms with Crippen LogP contribution in [0, 0.1) is 0 Å². The lowest BCUT2D eigenvalue weighted by atomic mass is 10.0. The van der Waals surface area contributed by atoms with Crippen molar-refractivity contribution in [3.05, 3.63) is 76.4 Å². The Balaban J connectivity index is 1.88. The second-order valence-electron chi connectivity index (χ2n) is 4.65. The highest BCUT2D eigenvalue weighted by Crippen LogP contribution is 2.16. The molecule has 0 aliphatic carbocycles. The average Bonchev–Trinajstić information content (AvgIpc) is 2.47. The maximum atomic E-state index is 12.3. The molecule has 20 heavy (non-hydrogen) atoms. The Bertz CT molecular complexity index is 783. The van der Waals surface area contributed by atoms with E-state index in [-0.39, 0.29) is 5.78 Å². The van der Waals surface area contributed by atoms with Gasteiger partial charge in [0.2, 0.25) is 0 Å². The lowest BCUT2D eigenvalue weighted by Gasteiger charge is -2.03. The van der Waals surface area contributed by atoms with E-state index in [1.807, 2.05) is 54.6 Å². The standard InChI is InChI=1S/C17H12BrNO/c18-15-6-3-4-12(8-15)9-17(20)14-10-13-5-1-2-7-16(13)19-11-14/h1-8,10-11H,9H2. The van der Waals surface area contributed by atoms with E-state index in [2.05, 4.69) is 20.9 Å². The van der Waals surface area contributed by atoms with Crippen molar-refractivity contribution >= 4 is 32.6 Å². The topological polar surface area (TPSA) is 30.0 Å². The number of hydrogen-bond acceptors (Lipinski definition) is 2. The first kappa shape index (κ1) is 13.0. The van der Waals surface area contributed by atoms with Crippen molar-refractivity contribution in [3.8, 4) is 0 Å². The highest BCUT2D eigenvalue weighted by molar-refractivity contribution is 9.10. The number of rotatable bonds is 3. The predicted octanol–water partition coefficient (Wildman–Crippen LogP) is 4.42. The van der Waals surface area contributed by atoms with Gasteiger partial charge in [0.1, 0.15) is 0 Å². The van der Waals surface area contributed by atoms with Crippen LogP contribution >= 0.6 is 15.9 Å². The van der Waals surface area contributed by atoms with Gasteiger partial charge in [-0.15, -0.1) is 0 Å². The fourth-order valence-corrected chi connectivity index (χ4v) is 2.60. The number of nitrogens with zero attached hydrogens (tertiary/aromatic N) is 1. The number of benzene rings is 2. The number of Topliss-reactive ketones (excluding diaryl/α,β-unsaturated/α-hetero) is 1. The Labute approximate surface area is 125 Å². The van der Waals surface area contributed by atoms with Crippen molar-refractivity contribution in [3.63, 3.8) is 0 Å². The summed E-state index contributed by atoms with van der Waals surface area (Å²) in [6, 6.07) is 17.5. The van der Waals surface area contributed by atoms with Crippen molar-refractivity contribution in [2.24, 2.45) is 0 Å². The second-order valence-corrected chi connectivity index (χ2v) is 5.56. The Hall–Kier alpha value is -2.00. The molecule has 0 spiro atoms. The number of halogens is 1. The van der Waals surface area contributed by atoms with Crippen LogP contribution in [0.25, 0.3) is 10.9 Å². The number of ketones is 1. The molecule has 2 aromatic carbocycles. The molecule has 0 atom stereocenters. The van der Waals surface area contributed by atoms with E-state index in [9.17, 15) is 4.79 Å². The third kappa shape index (κ3) is 2.78. The van der Waals surface area contributed by atoms with Gasteiger partial charge in [0.25, 0.3) is 0 Å². The van der Waals surface area contributed by atoms with Crippen molar-refractivity contribution in [1.29, 1.82) is 0 Å². The summed E-state index contributed by atoms with van der Waals surface area (Å²) in [7, 11) is 0. The Morgan fingerprint density at radius 1 is 1.05 bits per heavy atom. The summed E-state index contributed by atoms with van der Waals surface area (Å²) >= 11 is 3.42. The van der Waals surface area contributed by atoms with Crippen molar-refractivity contribution in [1.82, 2.24) is 4.98 Å². The minimum Gasteiger partial charge on any atom is -0.294 e. The molecule has 0 saturated carbocycles. The van der Waals surface area contributed by atoms with Gasteiger partial charge in [0.15, 0.2) is 5.78 Å². The number of fused-ring (bicyclic) bond motifs is 1. The van der Waals surface area contributed by atoms with E-state index in [0.29, 0.717) is 12.0 Å². The van der Waals surface area contributed by atoms with Gasteiger partial charge in [0.05, 0.1) is 5.52 Å². The lowest BCUT2D eigenvalue weighted by Crippen LogP contribution is -2.04. The van der Waals surface area contributed by atoms with Crippen molar-refractivity contribution in [2.45, 2.75) is 6.42 Å². The molecule has 3 rings (SSSR count). The molecule has 0 unspecified atom stereocenters. The highest BCUT2D eigenvalue weighted by atomic mass is 79.9. The maximum absolute atomic E-state index is 12.3. The van der Waals surface area contributed by atoms with E-state index in [0.717, 1.165) is 20.9 Å². The van der Waals surface area contributed by atoms with Crippen LogP contribution in [0.1, 0.15) is 15.9 Å². The van der Waals surface area contributed by atoms with E-state index < -0.39 is 0 Å². The number of carbonyl (C=O) groups excluding carboxylic acids is 1. The molecule has 0 amide bonds. The predicted molar refractivity (Wildman–Crippen MR) is 83.9 cm³/mol. The summed E-state index contributed by atoms with van der Waals surface area (Å²) in [5.41, 5.74) is 2.56. The molecule has 2 nitrogen and oxygen atoms in total. The number of carbonyl (C=O) groups is 1. The lowest BCUT2D eigenvalue weighted by molar-refractivity contribution is 0.0993. The molecular formula is C17H12BrNO. The first-order valence-corrected chi connectivity index (χ1v) is 7.14. The zero-order chi connectivity index (χ0) is 13.9. The molecule has 0 N–H and O–H groups in total. The molecule has 1 aromatic heterocycles. The fraction of sp³-hybridized carbons (Fsp3) is 0.0588. The van der Waals surface area contributed by atoms with Crippen molar-refractivity contribution in [2.75, 3.05) is 0 Å². The van der Waals surface area contributed by atoms with Gasteiger partial charge in [-0.1, -0.05) is 46.3 Å². The summed E-state index contributed by atoms with van der Waals surface area (Å²) in [4.78, 5) is 16.6. The van der Waals surface area contributed by atoms with Crippen molar-refractivity contribution < 1.29 is 4.79 Å². The SMILES string of the molecule is O=C(Cc1cccc(Br)c1)c1cnc2ccccc2c1. The summed E-state index contributed by atoms with van der Waals surface area (Å²) in [5.74, 6) is 0.0846. The zero-order valence-corrected chi connectivity index (χ0v) is 12.3. The van der Waals surface area contributed by atoms with Gasteiger partial charge in [-0.3, -0.25) is 9.78 Å². The zero-order valence-electron chi connectivity index (χ0n) is 10.7. The molecule has 0 saturated heterocycles. The van der Waals surface area contributed by atoms with E-state index in [1.165, 1.54) is 0 Å². The summed E-state index contributed by atoms with van der Waals surface area (Å²) in [6.07, 6.45) is 2.04. The quantitative estimate of drug-likeness (QED) is 0.667. The van der Waals surface area contributed by atoms with Crippen LogP contribution in [0.5, 0.6) is 0 Å². The second kappa shape index (κ2) is 5.55. The fourth-order valence-electron chi connectivity index (χ4n) is 2.16. The van der Waals surface area contributed by atoms with Gasteiger partial charge >= 0.3 is 0 Å². The molecule has 0 aliphatic heterocycles. The number of para-hydroxylation sites is 1. The third-order valence-electron chi connectivity index (χ3n) is 3.17. The van der Waals surface area contributed by atoms with Gasteiger partial charge < -0.3 is 0 Å². The largest absolute Gasteiger partial charge is 0.294 e. The van der Waals surface area contributed by atoms with Crippen LogP contribution < -0.4 is 0 Å². The normalized spacial score (nSPS) is 10.7. The van der Waals surface area contributed by atoms with Gasteiger partial charge in [-0.05, 0) is 29.8 Å². The molecule has 3 aromatic rings. The monoisotopic (exact) mass is 325 g/mol. The van der Waals surface area contributed by atoms with Crippen LogP contribution in [-0.2, 0) is 6.42 Å². The summed E-state index contributed by atoms with van der Waals surface area (Å²) in [5, 5.41) is 0.993. The van der Waals surface area contributed by atoms with Gasteiger partial charge in [-0.25, -0.2) is 0 Å². The maximum Gasteiger partial charge on any atom is 0.168 e. The molecule has 3 heteroatoms. The summed E-state index contributed by atoms with van der Waals surface area (Å²) < 4.78 is 0.986. The number of hydrogen-bond donors (Lipinski definition) is 0. The van der Waals surface area contributed by atoms with E-state index >= 15 is 0 Å². The molecule has 0 radical (unpaired) electrons. The number of pyridine rings is 1. The Kier molecular flexibility index (Phi) is 3.61. The van der Waals surface area contributed by atoms with E-state index in [1.54, 1.807) is 6.20 Å². The first-order valence-electron chi connectivity index (χ1n) is 6.35. The average molecular weight is 326 g/mol. The number of aromatic nitrogens is 1. The minimum atomic E-state index is 0.0846. The molecule has 0 bridgehead atoms. The molecule has 0 fully saturated rings. The third-order valence-corrected chi connectivity index (χ3v) is 3.66. The molecule has 1 heterocycles. The van der Waals surface area contributed by atoms with Crippen LogP contribution in [-0.4, -0.2) is 10.8 Å². The van der Waals surface area contributed by atoms with Crippen LogP contribution in [0.4, 0.5) is 0 Å². The molecular weight excluding hydrogens is 314 g/mol. The van der Waals surface area contributed by atoms with Crippen LogP contribution in [0.3, 0.4) is 0 Å². The highest BCUT2D eigenvalue weighted by Gasteiger charge is 2.08.